The number of carbonyl (C=O) groups is 1. The normalized spacial score (nSPS) is 10.3. The van der Waals surface area contributed by atoms with Crippen molar-refractivity contribution in [2.45, 2.75) is 19.9 Å². The summed E-state index contributed by atoms with van der Waals surface area (Å²) in [6, 6.07) is 15.3. The summed E-state index contributed by atoms with van der Waals surface area (Å²) in [5, 5.41) is 15.6. The molecule has 2 amide bonds. The van der Waals surface area contributed by atoms with E-state index >= 15 is 0 Å². The highest BCUT2D eigenvalue weighted by molar-refractivity contribution is 5.99. The van der Waals surface area contributed by atoms with Crippen LogP contribution in [0.5, 0.6) is 0 Å². The topological polar surface area (TPSA) is 81.8 Å². The van der Waals surface area contributed by atoms with Crippen LogP contribution in [0.15, 0.2) is 60.9 Å². The van der Waals surface area contributed by atoms with Gasteiger partial charge in [0, 0.05) is 24.1 Å². The first-order chi connectivity index (χ1) is 12.2. The highest BCUT2D eigenvalue weighted by Crippen LogP contribution is 2.15. The first-order valence-electron chi connectivity index (χ1n) is 8.21. The Morgan fingerprint density at radius 2 is 1.68 bits per heavy atom. The van der Waals surface area contributed by atoms with E-state index in [1.54, 1.807) is 12.4 Å². The third-order valence-electron chi connectivity index (χ3n) is 3.77. The van der Waals surface area contributed by atoms with Crippen LogP contribution < -0.4 is 16.0 Å². The number of hydrogen-bond donors (Lipinski definition) is 4. The van der Waals surface area contributed by atoms with Crippen molar-refractivity contribution in [3.05, 3.63) is 72.1 Å². The minimum Gasteiger partial charge on any atom is -0.378 e. The minimum atomic E-state index is -0.256. The van der Waals surface area contributed by atoms with E-state index in [1.165, 1.54) is 5.56 Å². The molecular weight excluding hydrogens is 314 g/mol. The van der Waals surface area contributed by atoms with E-state index in [0.29, 0.717) is 6.54 Å². The number of rotatable bonds is 6. The van der Waals surface area contributed by atoms with Crippen LogP contribution >= 0.6 is 0 Å². The van der Waals surface area contributed by atoms with Crippen molar-refractivity contribution >= 4 is 23.1 Å². The molecule has 0 aliphatic carbocycles. The van der Waals surface area contributed by atoms with Gasteiger partial charge in [-0.1, -0.05) is 31.2 Å². The fraction of sp³-hybridized carbons (Fsp3) is 0.158. The smallest absolute Gasteiger partial charge is 0.323 e. The quantitative estimate of drug-likeness (QED) is 0.544. The summed E-state index contributed by atoms with van der Waals surface area (Å²) in [5.41, 5.74) is 4.70. The predicted octanol–water partition coefficient (Wildman–Crippen LogP) is 4.23. The molecule has 1 aromatic heterocycles. The molecule has 0 aliphatic rings. The zero-order chi connectivity index (χ0) is 17.5. The molecule has 0 atom stereocenters. The molecule has 0 radical (unpaired) electrons. The lowest BCUT2D eigenvalue weighted by Crippen LogP contribution is -2.19. The standard InChI is InChI=1S/C19H21N5O/c1-2-14-5-3-7-16(9-14)23-19(25)24-17-8-4-6-15(10-17)11-20-18-12-21-22-13-18/h3-10,12-13,20H,2,11H2,1H3,(H,21,22)(H2,23,24,25). The van der Waals surface area contributed by atoms with Gasteiger partial charge in [-0.3, -0.25) is 5.10 Å². The van der Waals surface area contributed by atoms with Gasteiger partial charge in [0.2, 0.25) is 0 Å². The average molecular weight is 335 g/mol. The van der Waals surface area contributed by atoms with E-state index in [-0.39, 0.29) is 6.03 Å². The number of H-pyrrole nitrogens is 1. The van der Waals surface area contributed by atoms with Gasteiger partial charge in [-0.25, -0.2) is 4.79 Å². The Labute approximate surface area is 146 Å². The maximum Gasteiger partial charge on any atom is 0.323 e. The average Bonchev–Trinajstić information content (AvgIpc) is 3.14. The number of amides is 2. The lowest BCUT2D eigenvalue weighted by atomic mass is 10.1. The van der Waals surface area contributed by atoms with E-state index in [4.69, 9.17) is 0 Å². The Morgan fingerprint density at radius 3 is 2.32 bits per heavy atom. The summed E-state index contributed by atoms with van der Waals surface area (Å²) in [4.78, 5) is 12.2. The van der Waals surface area contributed by atoms with Crippen LogP contribution in [-0.2, 0) is 13.0 Å². The van der Waals surface area contributed by atoms with Crippen molar-refractivity contribution in [2.24, 2.45) is 0 Å². The predicted molar refractivity (Wildman–Crippen MR) is 101 cm³/mol. The molecule has 0 unspecified atom stereocenters. The van der Waals surface area contributed by atoms with E-state index in [0.717, 1.165) is 29.0 Å². The molecule has 0 saturated heterocycles. The summed E-state index contributed by atoms with van der Waals surface area (Å²) >= 11 is 0. The third-order valence-corrected chi connectivity index (χ3v) is 3.77. The van der Waals surface area contributed by atoms with Gasteiger partial charge < -0.3 is 16.0 Å². The van der Waals surface area contributed by atoms with Crippen LogP contribution in [0.1, 0.15) is 18.1 Å². The molecule has 2 aromatic carbocycles. The van der Waals surface area contributed by atoms with E-state index < -0.39 is 0 Å². The second kappa shape index (κ2) is 8.01. The van der Waals surface area contributed by atoms with Crippen molar-refractivity contribution in [3.63, 3.8) is 0 Å². The first kappa shape index (κ1) is 16.6. The van der Waals surface area contributed by atoms with E-state index in [1.807, 2.05) is 48.5 Å². The van der Waals surface area contributed by atoms with Gasteiger partial charge in [-0.15, -0.1) is 0 Å². The van der Waals surface area contributed by atoms with E-state index in [9.17, 15) is 4.79 Å². The summed E-state index contributed by atoms with van der Waals surface area (Å²) < 4.78 is 0. The maximum atomic E-state index is 12.2. The number of aryl methyl sites for hydroxylation is 1. The van der Waals surface area contributed by atoms with Crippen molar-refractivity contribution < 1.29 is 4.79 Å². The molecule has 6 heteroatoms. The lowest BCUT2D eigenvalue weighted by molar-refractivity contribution is 0.262. The van der Waals surface area contributed by atoms with Gasteiger partial charge in [0.05, 0.1) is 11.9 Å². The summed E-state index contributed by atoms with van der Waals surface area (Å²) in [6.07, 6.45) is 4.45. The van der Waals surface area contributed by atoms with Crippen molar-refractivity contribution in [1.29, 1.82) is 0 Å². The zero-order valence-corrected chi connectivity index (χ0v) is 14.0. The summed E-state index contributed by atoms with van der Waals surface area (Å²) in [7, 11) is 0. The van der Waals surface area contributed by atoms with Gasteiger partial charge in [-0.2, -0.15) is 5.10 Å². The molecule has 128 valence electrons. The Morgan fingerprint density at radius 1 is 1.00 bits per heavy atom. The monoisotopic (exact) mass is 335 g/mol. The van der Waals surface area contributed by atoms with Gasteiger partial charge >= 0.3 is 6.03 Å². The SMILES string of the molecule is CCc1cccc(NC(=O)Nc2cccc(CNc3cn[nH]c3)c2)c1. The molecule has 3 aromatic rings. The van der Waals surface area contributed by atoms with Gasteiger partial charge in [0.15, 0.2) is 0 Å². The molecular formula is C19H21N5O. The number of benzene rings is 2. The minimum absolute atomic E-state index is 0.256. The Bertz CT molecular complexity index is 829. The highest BCUT2D eigenvalue weighted by atomic mass is 16.2. The number of anilines is 3. The molecule has 0 fully saturated rings. The molecule has 0 saturated carbocycles. The van der Waals surface area contributed by atoms with Crippen molar-refractivity contribution in [2.75, 3.05) is 16.0 Å². The molecule has 1 heterocycles. The van der Waals surface area contributed by atoms with Crippen molar-refractivity contribution in [3.8, 4) is 0 Å². The summed E-state index contributed by atoms with van der Waals surface area (Å²) in [5.74, 6) is 0. The molecule has 0 aliphatic heterocycles. The van der Waals surface area contributed by atoms with Crippen LogP contribution in [0.25, 0.3) is 0 Å². The molecule has 4 N–H and O–H groups in total. The van der Waals surface area contributed by atoms with Crippen molar-refractivity contribution in [1.82, 2.24) is 10.2 Å². The van der Waals surface area contributed by atoms with Crippen LogP contribution in [0.2, 0.25) is 0 Å². The van der Waals surface area contributed by atoms with Crippen LogP contribution in [0, 0.1) is 0 Å². The van der Waals surface area contributed by atoms with Crippen LogP contribution in [0.3, 0.4) is 0 Å². The molecule has 25 heavy (non-hydrogen) atoms. The molecule has 3 rings (SSSR count). The summed E-state index contributed by atoms with van der Waals surface area (Å²) in [6.45, 7) is 2.73. The highest BCUT2D eigenvalue weighted by Gasteiger charge is 2.04. The number of nitrogens with zero attached hydrogens (tertiary/aromatic N) is 1. The second-order valence-corrected chi connectivity index (χ2v) is 5.67. The van der Waals surface area contributed by atoms with Gasteiger partial charge in [0.1, 0.15) is 0 Å². The Hall–Kier alpha value is -3.28. The number of hydrogen-bond acceptors (Lipinski definition) is 3. The third kappa shape index (κ3) is 4.84. The molecule has 0 bridgehead atoms. The Kier molecular flexibility index (Phi) is 5.31. The maximum absolute atomic E-state index is 12.2. The zero-order valence-electron chi connectivity index (χ0n) is 14.0. The second-order valence-electron chi connectivity index (χ2n) is 5.67. The lowest BCUT2D eigenvalue weighted by Gasteiger charge is -2.10. The molecule has 0 spiro atoms. The van der Waals surface area contributed by atoms with Gasteiger partial charge in [-0.05, 0) is 41.8 Å². The number of urea groups is 1. The number of aromatic nitrogens is 2. The fourth-order valence-electron chi connectivity index (χ4n) is 2.47. The van der Waals surface area contributed by atoms with Crippen LogP contribution in [-0.4, -0.2) is 16.2 Å². The first-order valence-corrected chi connectivity index (χ1v) is 8.21. The Balaban J connectivity index is 1.58. The van der Waals surface area contributed by atoms with E-state index in [2.05, 4.69) is 33.1 Å². The number of aromatic amines is 1. The van der Waals surface area contributed by atoms with Crippen LogP contribution in [0.4, 0.5) is 21.9 Å². The number of nitrogens with one attached hydrogen (secondary N) is 4. The molecule has 6 nitrogen and oxygen atoms in total. The largest absolute Gasteiger partial charge is 0.378 e. The van der Waals surface area contributed by atoms with Gasteiger partial charge in [0.25, 0.3) is 0 Å². The number of carbonyl (C=O) groups excluding carboxylic acids is 1. The fourth-order valence-corrected chi connectivity index (χ4v) is 2.47.